The van der Waals surface area contributed by atoms with Crippen molar-refractivity contribution in [3.63, 3.8) is 0 Å². The van der Waals surface area contributed by atoms with E-state index in [2.05, 4.69) is 16.6 Å². The highest BCUT2D eigenvalue weighted by Gasteiger charge is 2.16. The Kier molecular flexibility index (Phi) is 4.45. The van der Waals surface area contributed by atoms with Gasteiger partial charge in [-0.2, -0.15) is 0 Å². The number of aryl methyl sites for hydroxylation is 1. The molecule has 104 valence electrons. The van der Waals surface area contributed by atoms with Crippen molar-refractivity contribution in [3.8, 4) is 11.8 Å². The first-order valence-electron chi connectivity index (χ1n) is 5.79. The second-order valence-electron chi connectivity index (χ2n) is 4.05. The number of sulfonamides is 1. The SMILES string of the molecule is Cc1ccc(C#CCO)c(NS(=O)(=O)c2cccs2)c1. The lowest BCUT2D eigenvalue weighted by molar-refractivity contribution is 0.350. The largest absolute Gasteiger partial charge is 0.384 e. The summed E-state index contributed by atoms with van der Waals surface area (Å²) in [5.41, 5.74) is 1.87. The van der Waals surface area contributed by atoms with Gasteiger partial charge in [-0.15, -0.1) is 11.3 Å². The van der Waals surface area contributed by atoms with Gasteiger partial charge in [-0.1, -0.05) is 24.0 Å². The third-order valence-electron chi connectivity index (χ3n) is 2.48. The highest BCUT2D eigenvalue weighted by molar-refractivity contribution is 7.94. The summed E-state index contributed by atoms with van der Waals surface area (Å²) in [6.07, 6.45) is 0. The maximum atomic E-state index is 12.2. The molecule has 0 saturated heterocycles. The Bertz CT molecular complexity index is 753. The van der Waals surface area contributed by atoms with Crippen molar-refractivity contribution in [1.82, 2.24) is 0 Å². The van der Waals surface area contributed by atoms with Crippen molar-refractivity contribution in [1.29, 1.82) is 0 Å². The lowest BCUT2D eigenvalue weighted by atomic mass is 10.1. The average Bonchev–Trinajstić information content (AvgIpc) is 2.92. The van der Waals surface area contributed by atoms with Crippen molar-refractivity contribution in [2.24, 2.45) is 0 Å². The van der Waals surface area contributed by atoms with E-state index in [1.165, 1.54) is 0 Å². The van der Waals surface area contributed by atoms with Crippen molar-refractivity contribution in [2.75, 3.05) is 11.3 Å². The average molecular weight is 307 g/mol. The topological polar surface area (TPSA) is 66.4 Å². The smallest absolute Gasteiger partial charge is 0.271 e. The number of aliphatic hydroxyl groups is 1. The third kappa shape index (κ3) is 3.39. The molecule has 2 N–H and O–H groups in total. The lowest BCUT2D eigenvalue weighted by Gasteiger charge is -2.09. The Labute approximate surface area is 122 Å². The van der Waals surface area contributed by atoms with Gasteiger partial charge < -0.3 is 5.11 Å². The van der Waals surface area contributed by atoms with Crippen LogP contribution in [0.4, 0.5) is 5.69 Å². The fourth-order valence-electron chi connectivity index (χ4n) is 1.60. The van der Waals surface area contributed by atoms with E-state index in [9.17, 15) is 8.42 Å². The molecule has 0 fully saturated rings. The number of rotatable bonds is 3. The highest BCUT2D eigenvalue weighted by Crippen LogP contribution is 2.23. The van der Waals surface area contributed by atoms with Crippen molar-refractivity contribution < 1.29 is 13.5 Å². The Morgan fingerprint density at radius 3 is 2.80 bits per heavy atom. The van der Waals surface area contributed by atoms with Gasteiger partial charge in [-0.05, 0) is 36.1 Å². The van der Waals surface area contributed by atoms with Crippen LogP contribution < -0.4 is 4.72 Å². The number of hydrogen-bond donors (Lipinski definition) is 2. The van der Waals surface area contributed by atoms with Gasteiger partial charge in [0.2, 0.25) is 0 Å². The van der Waals surface area contributed by atoms with Gasteiger partial charge in [0.1, 0.15) is 10.8 Å². The molecular formula is C14H13NO3S2. The zero-order valence-electron chi connectivity index (χ0n) is 10.8. The van der Waals surface area contributed by atoms with E-state index in [4.69, 9.17) is 5.11 Å². The Balaban J connectivity index is 2.40. The van der Waals surface area contributed by atoms with Crippen LogP contribution in [0.5, 0.6) is 0 Å². The summed E-state index contributed by atoms with van der Waals surface area (Å²) in [6.45, 7) is 1.59. The first kappa shape index (κ1) is 14.6. The molecule has 6 heteroatoms. The predicted molar refractivity (Wildman–Crippen MR) is 80.3 cm³/mol. The van der Waals surface area contributed by atoms with Crippen LogP contribution >= 0.6 is 11.3 Å². The van der Waals surface area contributed by atoms with E-state index in [1.807, 2.05) is 13.0 Å². The second-order valence-corrected chi connectivity index (χ2v) is 6.90. The quantitative estimate of drug-likeness (QED) is 0.854. The first-order chi connectivity index (χ1) is 9.53. The van der Waals surface area contributed by atoms with Gasteiger partial charge in [-0.3, -0.25) is 4.72 Å². The summed E-state index contributed by atoms with van der Waals surface area (Å²) >= 11 is 1.15. The minimum Gasteiger partial charge on any atom is -0.384 e. The minimum atomic E-state index is -3.60. The molecule has 0 aliphatic heterocycles. The maximum Gasteiger partial charge on any atom is 0.271 e. The third-order valence-corrected chi connectivity index (χ3v) is 5.24. The molecular weight excluding hydrogens is 294 g/mol. The zero-order chi connectivity index (χ0) is 14.6. The molecule has 2 aromatic rings. The molecule has 0 aliphatic carbocycles. The number of thiophene rings is 1. The summed E-state index contributed by atoms with van der Waals surface area (Å²) in [5, 5.41) is 10.5. The molecule has 1 aromatic heterocycles. The molecule has 0 bridgehead atoms. The summed E-state index contributed by atoms with van der Waals surface area (Å²) in [7, 11) is -3.60. The van der Waals surface area contributed by atoms with E-state index in [1.54, 1.807) is 29.6 Å². The molecule has 2 rings (SSSR count). The molecule has 0 radical (unpaired) electrons. The van der Waals surface area contributed by atoms with Crippen molar-refractivity contribution in [2.45, 2.75) is 11.1 Å². The van der Waals surface area contributed by atoms with Crippen LogP contribution in [0.2, 0.25) is 0 Å². The predicted octanol–water partition coefficient (Wildman–Crippen LogP) is 2.20. The second kappa shape index (κ2) is 6.09. The Hall–Kier alpha value is -1.81. The van der Waals surface area contributed by atoms with Crippen LogP contribution in [0.15, 0.2) is 39.9 Å². The molecule has 1 heterocycles. The number of anilines is 1. The van der Waals surface area contributed by atoms with Gasteiger partial charge in [0.15, 0.2) is 0 Å². The van der Waals surface area contributed by atoms with Crippen LogP contribution in [0, 0.1) is 18.8 Å². The molecule has 1 aromatic carbocycles. The van der Waals surface area contributed by atoms with Gasteiger partial charge in [0.05, 0.1) is 5.69 Å². The fourth-order valence-corrected chi connectivity index (χ4v) is 3.66. The van der Waals surface area contributed by atoms with E-state index < -0.39 is 10.0 Å². The standard InChI is InChI=1S/C14H13NO3S2/c1-11-6-7-12(4-2-8-16)13(10-11)15-20(17,18)14-5-3-9-19-14/h3,5-7,9-10,15-16H,8H2,1H3. The Morgan fingerprint density at radius 1 is 1.35 bits per heavy atom. The molecule has 4 nitrogen and oxygen atoms in total. The minimum absolute atomic E-state index is 0.250. The molecule has 0 spiro atoms. The summed E-state index contributed by atoms with van der Waals surface area (Å²) in [4.78, 5) is 0. The molecule has 0 atom stereocenters. The van der Waals surface area contributed by atoms with Gasteiger partial charge in [0, 0.05) is 5.56 Å². The van der Waals surface area contributed by atoms with Crippen molar-refractivity contribution in [3.05, 3.63) is 46.8 Å². The number of aliphatic hydroxyl groups excluding tert-OH is 1. The first-order valence-corrected chi connectivity index (χ1v) is 8.16. The van der Waals surface area contributed by atoms with Gasteiger partial charge >= 0.3 is 0 Å². The molecule has 0 saturated carbocycles. The number of hydrogen-bond acceptors (Lipinski definition) is 4. The van der Waals surface area contributed by atoms with Crippen molar-refractivity contribution >= 4 is 27.0 Å². The number of benzene rings is 1. The van der Waals surface area contributed by atoms with Gasteiger partial charge in [0.25, 0.3) is 10.0 Å². The van der Waals surface area contributed by atoms with Crippen LogP contribution in [0.1, 0.15) is 11.1 Å². The normalized spacial score (nSPS) is 10.7. The van der Waals surface area contributed by atoms with Gasteiger partial charge in [-0.25, -0.2) is 8.42 Å². The summed E-state index contributed by atoms with van der Waals surface area (Å²) in [6, 6.07) is 8.50. The summed E-state index contributed by atoms with van der Waals surface area (Å²) in [5.74, 6) is 5.25. The number of nitrogens with one attached hydrogen (secondary N) is 1. The molecule has 0 aliphatic rings. The van der Waals surface area contributed by atoms with E-state index >= 15 is 0 Å². The summed E-state index contributed by atoms with van der Waals surface area (Å²) < 4.78 is 27.2. The van der Waals surface area contributed by atoms with Crippen LogP contribution in [-0.4, -0.2) is 20.1 Å². The maximum absolute atomic E-state index is 12.2. The highest BCUT2D eigenvalue weighted by atomic mass is 32.2. The molecule has 0 amide bonds. The zero-order valence-corrected chi connectivity index (χ0v) is 12.4. The molecule has 20 heavy (non-hydrogen) atoms. The van der Waals surface area contributed by atoms with E-state index in [-0.39, 0.29) is 10.8 Å². The van der Waals surface area contributed by atoms with Crippen LogP contribution in [0.25, 0.3) is 0 Å². The monoisotopic (exact) mass is 307 g/mol. The van der Waals surface area contributed by atoms with Crippen LogP contribution in [-0.2, 0) is 10.0 Å². The Morgan fingerprint density at radius 2 is 2.15 bits per heavy atom. The van der Waals surface area contributed by atoms with Crippen LogP contribution in [0.3, 0.4) is 0 Å². The fraction of sp³-hybridized carbons (Fsp3) is 0.143. The van der Waals surface area contributed by atoms with E-state index in [0.717, 1.165) is 16.9 Å². The molecule has 0 unspecified atom stereocenters. The van der Waals surface area contributed by atoms with E-state index in [0.29, 0.717) is 11.3 Å². The lowest BCUT2D eigenvalue weighted by Crippen LogP contribution is -2.12.